The SMILES string of the molecule is CC(Cc1ccccc1)[N-]CCC(c1ccccc1)c1ccccc1.[V].[V]. The Bertz CT molecular complexity index is 693. The molecule has 0 spiro atoms. The van der Waals surface area contributed by atoms with Gasteiger partial charge < -0.3 is 5.32 Å². The van der Waals surface area contributed by atoms with Gasteiger partial charge in [-0.15, -0.1) is 12.6 Å². The number of hydrogen-bond acceptors (Lipinski definition) is 0. The Balaban J connectivity index is 0.00000182. The van der Waals surface area contributed by atoms with Crippen LogP contribution in [0.5, 0.6) is 0 Å². The molecule has 0 aromatic heterocycles. The van der Waals surface area contributed by atoms with E-state index in [-0.39, 0.29) is 37.1 Å². The van der Waals surface area contributed by atoms with E-state index in [0.29, 0.717) is 12.0 Å². The van der Waals surface area contributed by atoms with Crippen molar-refractivity contribution >= 4 is 0 Å². The molecular formula is C24H26NV2-. The molecular weight excluding hydrogens is 404 g/mol. The van der Waals surface area contributed by atoms with Crippen LogP contribution in [0, 0.1) is 0 Å². The van der Waals surface area contributed by atoms with Crippen LogP contribution < -0.4 is 0 Å². The average Bonchev–Trinajstić information content (AvgIpc) is 2.67. The molecule has 3 rings (SSSR count). The van der Waals surface area contributed by atoms with Crippen molar-refractivity contribution in [3.05, 3.63) is 113 Å². The number of rotatable bonds is 8. The summed E-state index contributed by atoms with van der Waals surface area (Å²) in [6.07, 6.45) is 2.06. The third kappa shape index (κ3) is 7.74. The average molecular weight is 430 g/mol. The van der Waals surface area contributed by atoms with Gasteiger partial charge in [0.25, 0.3) is 0 Å². The molecule has 0 aliphatic carbocycles. The summed E-state index contributed by atoms with van der Waals surface area (Å²) < 4.78 is 0. The van der Waals surface area contributed by atoms with Crippen molar-refractivity contribution in [2.24, 2.45) is 0 Å². The Labute approximate surface area is 187 Å². The van der Waals surface area contributed by atoms with Crippen molar-refractivity contribution in [1.82, 2.24) is 0 Å². The molecule has 0 saturated heterocycles. The molecule has 0 aliphatic rings. The van der Waals surface area contributed by atoms with Crippen LogP contribution in [0.25, 0.3) is 5.32 Å². The summed E-state index contributed by atoms with van der Waals surface area (Å²) >= 11 is 0. The first kappa shape index (κ1) is 23.8. The topological polar surface area (TPSA) is 14.1 Å². The van der Waals surface area contributed by atoms with Crippen molar-refractivity contribution in [3.63, 3.8) is 0 Å². The van der Waals surface area contributed by atoms with E-state index in [9.17, 15) is 0 Å². The first-order valence-electron chi connectivity index (χ1n) is 9.13. The molecule has 138 valence electrons. The summed E-state index contributed by atoms with van der Waals surface area (Å²) in [6.45, 7) is 3.11. The standard InChI is InChI=1S/C24H26N.2V/c1-20(19-21-11-5-2-6-12-21)25-18-17-24(22-13-7-3-8-14-22)23-15-9-4-10-16-23;;/h2-16,20,24H,17-19H2,1H3;;/q-1;;. The third-order valence-corrected chi connectivity index (χ3v) is 4.64. The second-order valence-corrected chi connectivity index (χ2v) is 6.61. The van der Waals surface area contributed by atoms with Gasteiger partial charge in [0.05, 0.1) is 0 Å². The van der Waals surface area contributed by atoms with Crippen molar-refractivity contribution < 1.29 is 37.1 Å². The fourth-order valence-electron chi connectivity index (χ4n) is 3.34. The summed E-state index contributed by atoms with van der Waals surface area (Å²) in [4.78, 5) is 0. The van der Waals surface area contributed by atoms with E-state index in [0.717, 1.165) is 19.4 Å². The molecule has 0 bridgehead atoms. The zero-order chi connectivity index (χ0) is 17.3. The molecule has 1 unspecified atom stereocenters. The maximum absolute atomic E-state index is 4.91. The number of hydrogen-bond donors (Lipinski definition) is 0. The second kappa shape index (κ2) is 13.0. The largest absolute Gasteiger partial charge is 0.659 e. The normalized spacial score (nSPS) is 11.3. The van der Waals surface area contributed by atoms with Crippen LogP contribution in [-0.2, 0) is 43.5 Å². The van der Waals surface area contributed by atoms with Gasteiger partial charge in [0.1, 0.15) is 0 Å². The molecule has 27 heavy (non-hydrogen) atoms. The fourth-order valence-corrected chi connectivity index (χ4v) is 3.34. The van der Waals surface area contributed by atoms with E-state index in [1.54, 1.807) is 0 Å². The van der Waals surface area contributed by atoms with Crippen molar-refractivity contribution in [3.8, 4) is 0 Å². The van der Waals surface area contributed by atoms with Gasteiger partial charge in [-0.1, -0.05) is 104 Å². The van der Waals surface area contributed by atoms with E-state index >= 15 is 0 Å². The molecule has 0 saturated carbocycles. The van der Waals surface area contributed by atoms with E-state index in [2.05, 4.69) is 97.9 Å². The number of benzene rings is 3. The molecule has 0 aliphatic heterocycles. The predicted octanol–water partition coefficient (Wildman–Crippen LogP) is 6.21. The van der Waals surface area contributed by atoms with E-state index in [1.165, 1.54) is 16.7 Å². The molecule has 3 aromatic rings. The molecule has 0 fully saturated rings. The van der Waals surface area contributed by atoms with Crippen LogP contribution in [0.2, 0.25) is 0 Å². The van der Waals surface area contributed by atoms with Gasteiger partial charge >= 0.3 is 0 Å². The summed E-state index contributed by atoms with van der Waals surface area (Å²) in [5.41, 5.74) is 4.11. The maximum atomic E-state index is 4.91. The minimum absolute atomic E-state index is 0. The zero-order valence-electron chi connectivity index (χ0n) is 15.8. The van der Waals surface area contributed by atoms with Gasteiger partial charge in [0, 0.05) is 43.0 Å². The van der Waals surface area contributed by atoms with Crippen molar-refractivity contribution in [2.45, 2.75) is 31.7 Å². The Morgan fingerprint density at radius 3 is 1.59 bits per heavy atom. The Hall–Kier alpha value is -1.21. The molecule has 0 amide bonds. The van der Waals surface area contributed by atoms with Gasteiger partial charge in [-0.25, -0.2) is 0 Å². The first-order valence-corrected chi connectivity index (χ1v) is 9.13. The second-order valence-electron chi connectivity index (χ2n) is 6.61. The van der Waals surface area contributed by atoms with Crippen LogP contribution in [0.15, 0.2) is 91.0 Å². The van der Waals surface area contributed by atoms with E-state index in [4.69, 9.17) is 5.32 Å². The van der Waals surface area contributed by atoms with E-state index < -0.39 is 0 Å². The Morgan fingerprint density at radius 2 is 1.11 bits per heavy atom. The number of nitrogens with zero attached hydrogens (tertiary/aromatic N) is 1. The van der Waals surface area contributed by atoms with Gasteiger partial charge in [0.15, 0.2) is 0 Å². The third-order valence-electron chi connectivity index (χ3n) is 4.64. The Kier molecular flexibility index (Phi) is 11.5. The smallest absolute Gasteiger partial charge is 0.00729 e. The maximum Gasteiger partial charge on any atom is 0.00729 e. The molecule has 1 nitrogen and oxygen atoms in total. The van der Waals surface area contributed by atoms with Crippen LogP contribution >= 0.6 is 0 Å². The van der Waals surface area contributed by atoms with Crippen molar-refractivity contribution in [1.29, 1.82) is 0 Å². The molecule has 3 heteroatoms. The quantitative estimate of drug-likeness (QED) is 0.404. The van der Waals surface area contributed by atoms with E-state index in [1.807, 2.05) is 0 Å². The molecule has 0 N–H and O–H groups in total. The minimum Gasteiger partial charge on any atom is -0.659 e. The van der Waals surface area contributed by atoms with Crippen LogP contribution in [0.4, 0.5) is 0 Å². The van der Waals surface area contributed by atoms with Crippen LogP contribution in [0.3, 0.4) is 0 Å². The van der Waals surface area contributed by atoms with Crippen LogP contribution in [0.1, 0.15) is 36.0 Å². The first-order chi connectivity index (χ1) is 12.3. The van der Waals surface area contributed by atoms with Crippen LogP contribution in [-0.4, -0.2) is 12.6 Å². The summed E-state index contributed by atoms with van der Waals surface area (Å²) in [7, 11) is 0. The summed E-state index contributed by atoms with van der Waals surface area (Å²) in [6, 6.07) is 32.6. The molecule has 1 atom stereocenters. The fraction of sp³-hybridized carbons (Fsp3) is 0.250. The van der Waals surface area contributed by atoms with Gasteiger partial charge in [-0.2, -0.15) is 0 Å². The predicted molar refractivity (Wildman–Crippen MR) is 107 cm³/mol. The van der Waals surface area contributed by atoms with Gasteiger partial charge in [-0.3, -0.25) is 0 Å². The zero-order valence-corrected chi connectivity index (χ0v) is 18.6. The monoisotopic (exact) mass is 430 g/mol. The van der Waals surface area contributed by atoms with Gasteiger partial charge in [0.2, 0.25) is 0 Å². The molecule has 2 radical (unpaired) electrons. The minimum atomic E-state index is 0. The summed E-state index contributed by atoms with van der Waals surface area (Å²) in [5, 5.41) is 4.91. The summed E-state index contributed by atoms with van der Waals surface area (Å²) in [5.74, 6) is 0.412. The molecule has 0 heterocycles. The Morgan fingerprint density at radius 1 is 0.667 bits per heavy atom. The van der Waals surface area contributed by atoms with Gasteiger partial charge in [-0.05, 0) is 23.1 Å². The molecule has 3 aromatic carbocycles. The van der Waals surface area contributed by atoms with Crippen molar-refractivity contribution in [2.75, 3.05) is 6.54 Å².